The molecular weight excluding hydrogens is 460 g/mol. The molecule has 0 spiro atoms. The van der Waals surface area contributed by atoms with Gasteiger partial charge in [0, 0.05) is 26.2 Å². The van der Waals surface area contributed by atoms with Gasteiger partial charge in [-0.3, -0.25) is 9.59 Å². The molecular formula is C21H25F2N3O6S. The molecule has 33 heavy (non-hydrogen) atoms. The van der Waals surface area contributed by atoms with Gasteiger partial charge in [0.2, 0.25) is 15.9 Å². The van der Waals surface area contributed by atoms with Crippen molar-refractivity contribution in [3.05, 3.63) is 53.6 Å². The van der Waals surface area contributed by atoms with Crippen LogP contribution in [-0.2, 0) is 21.2 Å². The minimum absolute atomic E-state index is 0.0370. The van der Waals surface area contributed by atoms with E-state index in [1.54, 1.807) is 6.07 Å². The smallest absolute Gasteiger partial charge is 0.387 e. The SMILES string of the molecule is COc1cc(CCNC(=O)CNC(=O)c2cccc(S(=O)(=O)N(C)C)c2)ccc1OC(F)F. The number of hydrogen-bond acceptors (Lipinski definition) is 6. The van der Waals surface area contributed by atoms with Crippen LogP contribution in [0.2, 0.25) is 0 Å². The van der Waals surface area contributed by atoms with Crippen molar-refractivity contribution in [3.8, 4) is 11.5 Å². The number of hydrogen-bond donors (Lipinski definition) is 2. The van der Waals surface area contributed by atoms with E-state index in [1.807, 2.05) is 0 Å². The van der Waals surface area contributed by atoms with Gasteiger partial charge in [-0.05, 0) is 42.3 Å². The fraction of sp³-hybridized carbons (Fsp3) is 0.333. The maximum absolute atomic E-state index is 12.4. The minimum Gasteiger partial charge on any atom is -0.493 e. The standard InChI is InChI=1S/C21H25F2N3O6S/c1-26(2)33(29,30)16-6-4-5-15(12-16)20(28)25-13-19(27)24-10-9-14-7-8-17(32-21(22)23)18(11-14)31-3/h4-8,11-12,21H,9-10,13H2,1-3H3,(H,24,27)(H,25,28). The molecule has 0 heterocycles. The molecule has 0 aliphatic rings. The fourth-order valence-corrected chi connectivity index (χ4v) is 3.69. The van der Waals surface area contributed by atoms with Crippen LogP contribution in [0.25, 0.3) is 0 Å². The lowest BCUT2D eigenvalue weighted by molar-refractivity contribution is -0.120. The van der Waals surface area contributed by atoms with Crippen molar-refractivity contribution < 1.29 is 36.3 Å². The summed E-state index contributed by atoms with van der Waals surface area (Å²) in [5.74, 6) is -0.999. The van der Waals surface area contributed by atoms with Gasteiger partial charge >= 0.3 is 6.61 Å². The van der Waals surface area contributed by atoms with E-state index in [2.05, 4.69) is 15.4 Å². The Morgan fingerprint density at radius 2 is 1.79 bits per heavy atom. The lowest BCUT2D eigenvalue weighted by Crippen LogP contribution is -2.37. The van der Waals surface area contributed by atoms with Crippen LogP contribution in [0.5, 0.6) is 11.5 Å². The molecule has 2 N–H and O–H groups in total. The zero-order valence-corrected chi connectivity index (χ0v) is 19.1. The normalized spacial score (nSPS) is 11.4. The van der Waals surface area contributed by atoms with Crippen molar-refractivity contribution >= 4 is 21.8 Å². The van der Waals surface area contributed by atoms with E-state index in [-0.39, 0.29) is 35.0 Å². The van der Waals surface area contributed by atoms with Gasteiger partial charge in [-0.2, -0.15) is 8.78 Å². The molecule has 0 saturated carbocycles. The van der Waals surface area contributed by atoms with Gasteiger partial charge in [0.25, 0.3) is 5.91 Å². The Bertz CT molecular complexity index is 1090. The van der Waals surface area contributed by atoms with E-state index < -0.39 is 28.4 Å². The summed E-state index contributed by atoms with van der Waals surface area (Å²) in [4.78, 5) is 24.3. The predicted octanol–water partition coefficient (Wildman–Crippen LogP) is 1.64. The summed E-state index contributed by atoms with van der Waals surface area (Å²) < 4.78 is 59.6. The fourth-order valence-electron chi connectivity index (χ4n) is 2.74. The Morgan fingerprint density at radius 3 is 2.42 bits per heavy atom. The summed E-state index contributed by atoms with van der Waals surface area (Å²) in [5, 5.41) is 5.06. The highest BCUT2D eigenvalue weighted by Crippen LogP contribution is 2.29. The molecule has 0 atom stereocenters. The Hall–Kier alpha value is -3.25. The predicted molar refractivity (Wildman–Crippen MR) is 116 cm³/mol. The maximum atomic E-state index is 12.4. The first-order valence-corrected chi connectivity index (χ1v) is 11.2. The Balaban J connectivity index is 1.86. The van der Waals surface area contributed by atoms with E-state index in [0.717, 1.165) is 9.87 Å². The van der Waals surface area contributed by atoms with Crippen molar-refractivity contribution in [2.24, 2.45) is 0 Å². The van der Waals surface area contributed by atoms with Gasteiger partial charge in [-0.25, -0.2) is 12.7 Å². The van der Waals surface area contributed by atoms with Crippen LogP contribution < -0.4 is 20.1 Å². The number of halogens is 2. The number of methoxy groups -OCH3 is 1. The third kappa shape index (κ3) is 7.39. The summed E-state index contributed by atoms with van der Waals surface area (Å²) in [6.07, 6.45) is 0.384. The number of ether oxygens (including phenoxy) is 2. The van der Waals surface area contributed by atoms with Gasteiger partial charge in [-0.1, -0.05) is 12.1 Å². The third-order valence-electron chi connectivity index (χ3n) is 4.46. The van der Waals surface area contributed by atoms with Crippen molar-refractivity contribution in [1.29, 1.82) is 0 Å². The number of amides is 2. The molecule has 0 bridgehead atoms. The molecule has 2 rings (SSSR count). The van der Waals surface area contributed by atoms with Crippen LogP contribution in [0.3, 0.4) is 0 Å². The molecule has 0 radical (unpaired) electrons. The molecule has 0 aromatic heterocycles. The summed E-state index contributed by atoms with van der Waals surface area (Å²) in [5.41, 5.74) is 0.820. The number of alkyl halides is 2. The number of rotatable bonds is 11. The molecule has 0 fully saturated rings. The number of nitrogens with one attached hydrogen (secondary N) is 2. The largest absolute Gasteiger partial charge is 0.493 e. The van der Waals surface area contributed by atoms with E-state index in [1.165, 1.54) is 57.6 Å². The minimum atomic E-state index is -3.70. The van der Waals surface area contributed by atoms with Crippen molar-refractivity contribution in [3.63, 3.8) is 0 Å². The molecule has 12 heteroatoms. The van der Waals surface area contributed by atoms with Crippen LogP contribution in [0, 0.1) is 0 Å². The van der Waals surface area contributed by atoms with Crippen molar-refractivity contribution in [2.75, 3.05) is 34.3 Å². The van der Waals surface area contributed by atoms with Crippen LogP contribution >= 0.6 is 0 Å². The highest BCUT2D eigenvalue weighted by Gasteiger charge is 2.19. The number of sulfonamides is 1. The van der Waals surface area contributed by atoms with Crippen LogP contribution in [0.1, 0.15) is 15.9 Å². The molecule has 180 valence electrons. The van der Waals surface area contributed by atoms with Crippen LogP contribution in [0.4, 0.5) is 8.78 Å². The number of nitrogens with zero attached hydrogens (tertiary/aromatic N) is 1. The topological polar surface area (TPSA) is 114 Å². The van der Waals surface area contributed by atoms with Gasteiger partial charge in [0.1, 0.15) is 0 Å². The molecule has 0 aliphatic carbocycles. The monoisotopic (exact) mass is 485 g/mol. The van der Waals surface area contributed by atoms with Gasteiger partial charge in [0.15, 0.2) is 11.5 Å². The number of benzene rings is 2. The first-order valence-electron chi connectivity index (χ1n) is 9.73. The van der Waals surface area contributed by atoms with Gasteiger partial charge < -0.3 is 20.1 Å². The maximum Gasteiger partial charge on any atom is 0.387 e. The molecule has 0 unspecified atom stereocenters. The number of carbonyl (C=O) groups is 2. The average Bonchev–Trinajstić information content (AvgIpc) is 2.77. The van der Waals surface area contributed by atoms with E-state index in [4.69, 9.17) is 4.74 Å². The van der Waals surface area contributed by atoms with Crippen molar-refractivity contribution in [2.45, 2.75) is 17.9 Å². The Labute approximate surface area is 190 Å². The van der Waals surface area contributed by atoms with Gasteiger partial charge in [-0.15, -0.1) is 0 Å². The highest BCUT2D eigenvalue weighted by atomic mass is 32.2. The molecule has 0 saturated heterocycles. The van der Waals surface area contributed by atoms with Crippen molar-refractivity contribution in [1.82, 2.24) is 14.9 Å². The second-order valence-electron chi connectivity index (χ2n) is 6.96. The second kappa shape index (κ2) is 11.6. The first kappa shape index (κ1) is 26.0. The molecule has 0 aliphatic heterocycles. The van der Waals surface area contributed by atoms with Crippen LogP contribution in [0.15, 0.2) is 47.4 Å². The zero-order chi connectivity index (χ0) is 24.6. The quantitative estimate of drug-likeness (QED) is 0.500. The third-order valence-corrected chi connectivity index (χ3v) is 6.28. The van der Waals surface area contributed by atoms with Gasteiger partial charge in [0.05, 0.1) is 18.6 Å². The zero-order valence-electron chi connectivity index (χ0n) is 18.3. The van der Waals surface area contributed by atoms with Crippen LogP contribution in [-0.4, -0.2) is 65.4 Å². The van der Waals surface area contributed by atoms with E-state index in [9.17, 15) is 26.8 Å². The first-order chi connectivity index (χ1) is 15.5. The Morgan fingerprint density at radius 1 is 1.06 bits per heavy atom. The highest BCUT2D eigenvalue weighted by molar-refractivity contribution is 7.89. The lowest BCUT2D eigenvalue weighted by Gasteiger charge is -2.12. The average molecular weight is 486 g/mol. The Kier molecular flexibility index (Phi) is 9.12. The van der Waals surface area contributed by atoms with E-state index in [0.29, 0.717) is 6.42 Å². The van der Waals surface area contributed by atoms with E-state index >= 15 is 0 Å². The summed E-state index contributed by atoms with van der Waals surface area (Å²) in [7, 11) is 0.397. The molecule has 9 nitrogen and oxygen atoms in total. The summed E-state index contributed by atoms with van der Waals surface area (Å²) in [6.45, 7) is -3.06. The molecule has 2 amide bonds. The second-order valence-corrected chi connectivity index (χ2v) is 9.11. The molecule has 2 aromatic rings. The molecule has 2 aromatic carbocycles. The lowest BCUT2D eigenvalue weighted by atomic mass is 10.1. The summed E-state index contributed by atoms with van der Waals surface area (Å²) in [6, 6.07) is 9.95. The number of carbonyl (C=O) groups excluding carboxylic acids is 2. The summed E-state index contributed by atoms with van der Waals surface area (Å²) >= 11 is 0.